The van der Waals surface area contributed by atoms with E-state index in [4.69, 9.17) is 4.74 Å². The number of hydrogen-bond acceptors (Lipinski definition) is 6. The number of thioether (sulfide) groups is 1. The van der Waals surface area contributed by atoms with Crippen LogP contribution in [0.1, 0.15) is 39.0 Å². The normalized spacial score (nSPS) is 10.8. The molecule has 27 heavy (non-hydrogen) atoms. The SMILES string of the molecule is CCOC(=O)c1c(C)[nH]c(C(=O)CSc2nc(-c3ccccc3)cs2)c1C. The van der Waals surface area contributed by atoms with Crippen LogP contribution in [0.4, 0.5) is 0 Å². The number of aromatic nitrogens is 2. The number of hydrogen-bond donors (Lipinski definition) is 1. The highest BCUT2D eigenvalue weighted by atomic mass is 32.2. The number of carbonyl (C=O) groups is 2. The molecule has 0 spiro atoms. The van der Waals surface area contributed by atoms with Crippen LogP contribution in [0.15, 0.2) is 40.1 Å². The largest absolute Gasteiger partial charge is 0.462 e. The number of H-pyrrole nitrogens is 1. The number of nitrogens with zero attached hydrogens (tertiary/aromatic N) is 1. The number of nitrogens with one attached hydrogen (secondary N) is 1. The predicted molar refractivity (Wildman–Crippen MR) is 109 cm³/mol. The van der Waals surface area contributed by atoms with Gasteiger partial charge in [-0.3, -0.25) is 4.79 Å². The van der Waals surface area contributed by atoms with E-state index in [0.29, 0.717) is 29.1 Å². The molecule has 0 unspecified atom stereocenters. The molecular weight excluding hydrogens is 380 g/mol. The number of esters is 1. The molecule has 0 aliphatic carbocycles. The first kappa shape index (κ1) is 19.4. The van der Waals surface area contributed by atoms with E-state index in [9.17, 15) is 9.59 Å². The monoisotopic (exact) mass is 400 g/mol. The van der Waals surface area contributed by atoms with Gasteiger partial charge in [0, 0.05) is 16.6 Å². The summed E-state index contributed by atoms with van der Waals surface area (Å²) in [6, 6.07) is 9.94. The first-order valence-corrected chi connectivity index (χ1v) is 10.4. The van der Waals surface area contributed by atoms with Gasteiger partial charge in [-0.05, 0) is 26.3 Å². The Labute approximate surface area is 166 Å². The maximum Gasteiger partial charge on any atom is 0.340 e. The van der Waals surface area contributed by atoms with Crippen molar-refractivity contribution >= 4 is 34.9 Å². The van der Waals surface area contributed by atoms with E-state index in [1.165, 1.54) is 23.1 Å². The fourth-order valence-electron chi connectivity index (χ4n) is 2.80. The van der Waals surface area contributed by atoms with Crippen LogP contribution < -0.4 is 0 Å². The molecule has 3 aromatic rings. The maximum absolute atomic E-state index is 12.6. The minimum atomic E-state index is -0.400. The summed E-state index contributed by atoms with van der Waals surface area (Å²) in [4.78, 5) is 32.3. The van der Waals surface area contributed by atoms with Crippen LogP contribution >= 0.6 is 23.1 Å². The van der Waals surface area contributed by atoms with Crippen LogP contribution in [0, 0.1) is 13.8 Å². The Morgan fingerprint density at radius 2 is 1.96 bits per heavy atom. The van der Waals surface area contributed by atoms with Crippen molar-refractivity contribution in [1.82, 2.24) is 9.97 Å². The van der Waals surface area contributed by atoms with E-state index in [2.05, 4.69) is 9.97 Å². The summed E-state index contributed by atoms with van der Waals surface area (Å²) in [5.41, 5.74) is 4.17. The second-order valence-electron chi connectivity index (χ2n) is 5.92. The smallest absolute Gasteiger partial charge is 0.340 e. The summed E-state index contributed by atoms with van der Waals surface area (Å²) >= 11 is 2.92. The van der Waals surface area contributed by atoms with Crippen LogP contribution in [-0.2, 0) is 4.74 Å². The molecule has 0 fully saturated rings. The van der Waals surface area contributed by atoms with E-state index in [0.717, 1.165) is 15.6 Å². The molecule has 7 heteroatoms. The number of ether oxygens (including phenoxy) is 1. The van der Waals surface area contributed by atoms with Crippen LogP contribution in [0.25, 0.3) is 11.3 Å². The second kappa shape index (κ2) is 8.54. The van der Waals surface area contributed by atoms with Crippen LogP contribution in [-0.4, -0.2) is 34.1 Å². The number of rotatable bonds is 7. The molecule has 0 bridgehead atoms. The second-order valence-corrected chi connectivity index (χ2v) is 8.00. The Morgan fingerprint density at radius 3 is 2.67 bits per heavy atom. The number of carbonyl (C=O) groups excluding carboxylic acids is 2. The highest BCUT2D eigenvalue weighted by molar-refractivity contribution is 8.01. The number of benzene rings is 1. The topological polar surface area (TPSA) is 72.1 Å². The van der Waals surface area contributed by atoms with Crippen molar-refractivity contribution in [2.75, 3.05) is 12.4 Å². The van der Waals surface area contributed by atoms with E-state index in [-0.39, 0.29) is 11.5 Å². The summed E-state index contributed by atoms with van der Waals surface area (Å²) in [6.45, 7) is 5.60. The molecular formula is C20H20N2O3S2. The lowest BCUT2D eigenvalue weighted by atomic mass is 10.1. The maximum atomic E-state index is 12.6. The molecule has 3 rings (SSSR count). The third kappa shape index (κ3) is 4.31. The molecule has 0 aliphatic rings. The van der Waals surface area contributed by atoms with Gasteiger partial charge in [0.1, 0.15) is 0 Å². The van der Waals surface area contributed by atoms with Crippen molar-refractivity contribution in [3.63, 3.8) is 0 Å². The molecule has 140 valence electrons. The predicted octanol–water partition coefficient (Wildman–Crippen LogP) is 4.91. The number of aryl methyl sites for hydroxylation is 1. The summed E-state index contributed by atoms with van der Waals surface area (Å²) in [5, 5.41) is 1.99. The summed E-state index contributed by atoms with van der Waals surface area (Å²) in [7, 11) is 0. The van der Waals surface area contributed by atoms with Crippen molar-refractivity contribution < 1.29 is 14.3 Å². The Morgan fingerprint density at radius 1 is 1.22 bits per heavy atom. The van der Waals surface area contributed by atoms with Gasteiger partial charge >= 0.3 is 5.97 Å². The summed E-state index contributed by atoms with van der Waals surface area (Å²) in [5.74, 6) is -0.208. The number of Topliss-reactive ketones (excluding diaryl/α,β-unsaturated/α-hetero) is 1. The summed E-state index contributed by atoms with van der Waals surface area (Å²) < 4.78 is 5.91. The van der Waals surface area contributed by atoms with Crippen LogP contribution in [0.5, 0.6) is 0 Å². The van der Waals surface area contributed by atoms with Crippen molar-refractivity contribution in [3.8, 4) is 11.3 Å². The standard InChI is InChI=1S/C20H20N2O3S2/c1-4-25-19(24)17-12(2)18(21-13(17)3)16(23)11-27-20-22-15(10-26-20)14-8-6-5-7-9-14/h5-10,21H,4,11H2,1-3H3. The van der Waals surface area contributed by atoms with Crippen molar-refractivity contribution in [2.24, 2.45) is 0 Å². The van der Waals surface area contributed by atoms with Gasteiger partial charge in [0.25, 0.3) is 0 Å². The zero-order valence-corrected chi connectivity index (χ0v) is 17.0. The molecule has 2 heterocycles. The van der Waals surface area contributed by atoms with Gasteiger partial charge < -0.3 is 9.72 Å². The van der Waals surface area contributed by atoms with Gasteiger partial charge in [0.15, 0.2) is 10.1 Å². The van der Waals surface area contributed by atoms with Crippen molar-refractivity contribution in [1.29, 1.82) is 0 Å². The van der Waals surface area contributed by atoms with Gasteiger partial charge in [-0.25, -0.2) is 9.78 Å². The molecule has 5 nitrogen and oxygen atoms in total. The van der Waals surface area contributed by atoms with Crippen molar-refractivity contribution in [3.05, 3.63) is 58.2 Å². The highest BCUT2D eigenvalue weighted by Gasteiger charge is 2.23. The molecule has 2 aromatic heterocycles. The van der Waals surface area contributed by atoms with Gasteiger partial charge in [-0.15, -0.1) is 11.3 Å². The molecule has 1 N–H and O–H groups in total. The first-order chi connectivity index (χ1) is 13.0. The fraction of sp³-hybridized carbons (Fsp3) is 0.250. The average molecular weight is 401 g/mol. The van der Waals surface area contributed by atoms with Gasteiger partial charge in [0.05, 0.1) is 29.3 Å². The zero-order chi connectivity index (χ0) is 19.4. The molecule has 0 saturated heterocycles. The molecule has 0 atom stereocenters. The number of thiazole rings is 1. The lowest BCUT2D eigenvalue weighted by molar-refractivity contribution is 0.0525. The Balaban J connectivity index is 1.69. The Kier molecular flexibility index (Phi) is 6.13. The fourth-order valence-corrected chi connectivity index (χ4v) is 4.51. The van der Waals surface area contributed by atoms with Gasteiger partial charge in [0.2, 0.25) is 0 Å². The number of ketones is 1. The van der Waals surface area contributed by atoms with E-state index in [1.54, 1.807) is 20.8 Å². The van der Waals surface area contributed by atoms with Crippen molar-refractivity contribution in [2.45, 2.75) is 25.1 Å². The Bertz CT molecular complexity index is 961. The lowest BCUT2D eigenvalue weighted by Crippen LogP contribution is -2.08. The van der Waals surface area contributed by atoms with E-state index >= 15 is 0 Å². The van der Waals surface area contributed by atoms with E-state index in [1.807, 2.05) is 35.7 Å². The van der Waals surface area contributed by atoms with Gasteiger partial charge in [-0.1, -0.05) is 42.1 Å². The highest BCUT2D eigenvalue weighted by Crippen LogP contribution is 2.29. The molecule has 0 amide bonds. The molecule has 1 aromatic carbocycles. The molecule has 0 radical (unpaired) electrons. The quantitative estimate of drug-likeness (QED) is 0.347. The third-order valence-electron chi connectivity index (χ3n) is 4.08. The lowest BCUT2D eigenvalue weighted by Gasteiger charge is -2.02. The first-order valence-electron chi connectivity index (χ1n) is 8.54. The Hall–Kier alpha value is -2.38. The van der Waals surface area contributed by atoms with E-state index < -0.39 is 5.97 Å². The van der Waals surface area contributed by atoms with Crippen LogP contribution in [0.2, 0.25) is 0 Å². The minimum Gasteiger partial charge on any atom is -0.462 e. The zero-order valence-electron chi connectivity index (χ0n) is 15.4. The third-order valence-corrected chi connectivity index (χ3v) is 6.10. The summed E-state index contributed by atoms with van der Waals surface area (Å²) in [6.07, 6.45) is 0. The van der Waals surface area contributed by atoms with Crippen LogP contribution in [0.3, 0.4) is 0 Å². The average Bonchev–Trinajstić information content (AvgIpc) is 3.25. The molecule has 0 aliphatic heterocycles. The van der Waals surface area contributed by atoms with Gasteiger partial charge in [-0.2, -0.15) is 0 Å². The minimum absolute atomic E-state index is 0.0624. The molecule has 0 saturated carbocycles. The number of aromatic amines is 1.